The Balaban J connectivity index is 2.36. The van der Waals surface area contributed by atoms with Gasteiger partial charge in [0.1, 0.15) is 11.9 Å². The minimum absolute atomic E-state index is 0.240. The van der Waals surface area contributed by atoms with Crippen molar-refractivity contribution in [3.05, 3.63) is 71.0 Å². The predicted octanol–water partition coefficient (Wildman–Crippen LogP) is 3.70. The Morgan fingerprint density at radius 1 is 1.16 bits per heavy atom. The third-order valence-corrected chi connectivity index (χ3v) is 2.90. The van der Waals surface area contributed by atoms with Crippen LogP contribution in [0, 0.1) is 12.7 Å². The topological polar surface area (TPSA) is 26.3 Å². The van der Waals surface area contributed by atoms with E-state index >= 15 is 0 Å². The van der Waals surface area contributed by atoms with Crippen molar-refractivity contribution in [1.29, 1.82) is 0 Å². The van der Waals surface area contributed by atoms with Gasteiger partial charge in [-0.1, -0.05) is 30.3 Å². The highest BCUT2D eigenvalue weighted by molar-refractivity contribution is 6.00. The molecule has 0 spiro atoms. The zero-order valence-electron chi connectivity index (χ0n) is 10.9. The molecule has 0 heterocycles. The normalized spacial score (nSPS) is 12.2. The second-order valence-electron chi connectivity index (χ2n) is 4.41. The van der Waals surface area contributed by atoms with E-state index in [1.165, 1.54) is 19.2 Å². The second-order valence-corrected chi connectivity index (χ2v) is 4.41. The maximum absolute atomic E-state index is 13.4. The Labute approximate surface area is 111 Å². The molecule has 2 aromatic carbocycles. The Morgan fingerprint density at radius 2 is 1.84 bits per heavy atom. The first-order valence-electron chi connectivity index (χ1n) is 6.01. The van der Waals surface area contributed by atoms with Gasteiger partial charge in [-0.25, -0.2) is 4.39 Å². The third kappa shape index (κ3) is 3.06. The zero-order chi connectivity index (χ0) is 13.8. The molecule has 98 valence electrons. The van der Waals surface area contributed by atoms with Crippen LogP contribution >= 0.6 is 0 Å². The van der Waals surface area contributed by atoms with Crippen LogP contribution in [0.15, 0.2) is 48.5 Å². The number of hydrogen-bond acceptors (Lipinski definition) is 2. The molecular formula is C16H15FO2. The van der Waals surface area contributed by atoms with Crippen LogP contribution in [0.2, 0.25) is 0 Å². The molecule has 1 unspecified atom stereocenters. The monoisotopic (exact) mass is 258 g/mol. The van der Waals surface area contributed by atoms with Crippen molar-refractivity contribution in [3.8, 4) is 0 Å². The summed E-state index contributed by atoms with van der Waals surface area (Å²) in [4.78, 5) is 12.4. The minimum Gasteiger partial charge on any atom is -0.369 e. The van der Waals surface area contributed by atoms with E-state index in [0.717, 1.165) is 5.56 Å². The summed E-state index contributed by atoms with van der Waals surface area (Å²) in [5.74, 6) is -0.650. The van der Waals surface area contributed by atoms with Gasteiger partial charge < -0.3 is 4.74 Å². The fourth-order valence-corrected chi connectivity index (χ4v) is 2.05. The van der Waals surface area contributed by atoms with E-state index in [2.05, 4.69) is 0 Å². The van der Waals surface area contributed by atoms with Crippen LogP contribution < -0.4 is 0 Å². The summed E-state index contributed by atoms with van der Waals surface area (Å²) in [6.45, 7) is 1.75. The molecule has 0 aliphatic heterocycles. The molecule has 2 aromatic rings. The van der Waals surface area contributed by atoms with Gasteiger partial charge in [0, 0.05) is 12.7 Å². The fraction of sp³-hybridized carbons (Fsp3) is 0.188. The van der Waals surface area contributed by atoms with Crippen LogP contribution in [-0.2, 0) is 4.74 Å². The number of carbonyl (C=O) groups is 1. The molecule has 0 amide bonds. The first-order chi connectivity index (χ1) is 9.11. The lowest BCUT2D eigenvalue weighted by atomic mass is 9.98. The zero-order valence-corrected chi connectivity index (χ0v) is 10.9. The largest absolute Gasteiger partial charge is 0.369 e. The van der Waals surface area contributed by atoms with Crippen LogP contribution in [0.3, 0.4) is 0 Å². The van der Waals surface area contributed by atoms with Crippen molar-refractivity contribution in [2.45, 2.75) is 13.0 Å². The third-order valence-electron chi connectivity index (χ3n) is 2.90. The predicted molar refractivity (Wildman–Crippen MR) is 71.7 cm³/mol. The highest BCUT2D eigenvalue weighted by Gasteiger charge is 2.22. The van der Waals surface area contributed by atoms with Gasteiger partial charge in [0.2, 0.25) is 0 Å². The molecule has 2 nitrogen and oxygen atoms in total. The van der Waals surface area contributed by atoms with Gasteiger partial charge >= 0.3 is 0 Å². The summed E-state index contributed by atoms with van der Waals surface area (Å²) in [6.07, 6.45) is -0.706. The lowest BCUT2D eigenvalue weighted by Crippen LogP contribution is -2.15. The van der Waals surface area contributed by atoms with Gasteiger partial charge in [0.15, 0.2) is 5.78 Å². The van der Waals surface area contributed by atoms with Crippen molar-refractivity contribution in [2.24, 2.45) is 0 Å². The molecule has 0 bridgehead atoms. The lowest BCUT2D eigenvalue weighted by molar-refractivity contribution is 0.0604. The van der Waals surface area contributed by atoms with Crippen molar-refractivity contribution < 1.29 is 13.9 Å². The summed E-state index contributed by atoms with van der Waals surface area (Å²) in [5.41, 5.74) is 1.80. The number of hydrogen-bond donors (Lipinski definition) is 0. The Hall–Kier alpha value is -2.00. The lowest BCUT2D eigenvalue weighted by Gasteiger charge is -2.15. The van der Waals surface area contributed by atoms with E-state index in [9.17, 15) is 9.18 Å². The van der Waals surface area contributed by atoms with Gasteiger partial charge in [-0.2, -0.15) is 0 Å². The molecule has 0 saturated carbocycles. The molecular weight excluding hydrogens is 243 g/mol. The molecule has 0 aliphatic rings. The summed E-state index contributed by atoms with van der Waals surface area (Å²) in [6, 6.07) is 13.5. The minimum atomic E-state index is -0.706. The SMILES string of the molecule is COC(C(=O)c1cc(C)cc(F)c1)c1ccccc1. The van der Waals surface area contributed by atoms with Crippen LogP contribution in [-0.4, -0.2) is 12.9 Å². The number of benzene rings is 2. The highest BCUT2D eigenvalue weighted by atomic mass is 19.1. The van der Waals surface area contributed by atoms with Gasteiger partial charge in [0.05, 0.1) is 0 Å². The second kappa shape index (κ2) is 5.76. The van der Waals surface area contributed by atoms with E-state index in [1.807, 2.05) is 30.3 Å². The van der Waals surface area contributed by atoms with Gasteiger partial charge in [-0.05, 0) is 36.2 Å². The molecule has 0 fully saturated rings. The number of ketones is 1. The molecule has 3 heteroatoms. The summed E-state index contributed by atoms with van der Waals surface area (Å²) < 4.78 is 18.6. The first kappa shape index (κ1) is 13.4. The van der Waals surface area contributed by atoms with Crippen molar-refractivity contribution in [3.63, 3.8) is 0 Å². The van der Waals surface area contributed by atoms with E-state index in [4.69, 9.17) is 4.74 Å². The van der Waals surface area contributed by atoms with E-state index in [1.54, 1.807) is 13.0 Å². The summed E-state index contributed by atoms with van der Waals surface area (Å²) >= 11 is 0. The quantitative estimate of drug-likeness (QED) is 0.781. The molecule has 19 heavy (non-hydrogen) atoms. The number of ether oxygens (including phenoxy) is 1. The van der Waals surface area contributed by atoms with Crippen molar-refractivity contribution in [1.82, 2.24) is 0 Å². The molecule has 0 aliphatic carbocycles. The number of halogens is 1. The van der Waals surface area contributed by atoms with Crippen LogP contribution in [0.5, 0.6) is 0 Å². The maximum Gasteiger partial charge on any atom is 0.196 e. The van der Waals surface area contributed by atoms with E-state index < -0.39 is 11.9 Å². The molecule has 2 rings (SSSR count). The number of methoxy groups -OCH3 is 1. The van der Waals surface area contributed by atoms with Crippen LogP contribution in [0.4, 0.5) is 4.39 Å². The number of aryl methyl sites for hydroxylation is 1. The van der Waals surface area contributed by atoms with Gasteiger partial charge in [0.25, 0.3) is 0 Å². The van der Waals surface area contributed by atoms with E-state index in [0.29, 0.717) is 11.1 Å². The molecule has 0 radical (unpaired) electrons. The Morgan fingerprint density at radius 3 is 2.42 bits per heavy atom. The summed E-state index contributed by atoms with van der Waals surface area (Å²) in [7, 11) is 1.47. The van der Waals surface area contributed by atoms with Crippen LogP contribution in [0.25, 0.3) is 0 Å². The average Bonchev–Trinajstić information content (AvgIpc) is 2.39. The van der Waals surface area contributed by atoms with Crippen LogP contribution in [0.1, 0.15) is 27.6 Å². The molecule has 1 atom stereocenters. The summed E-state index contributed by atoms with van der Waals surface area (Å²) in [5, 5.41) is 0. The Kier molecular flexibility index (Phi) is 4.07. The van der Waals surface area contributed by atoms with Crippen molar-refractivity contribution >= 4 is 5.78 Å². The first-order valence-corrected chi connectivity index (χ1v) is 6.01. The molecule has 0 saturated heterocycles. The van der Waals surface area contributed by atoms with Crippen molar-refractivity contribution in [2.75, 3.05) is 7.11 Å². The van der Waals surface area contributed by atoms with E-state index in [-0.39, 0.29) is 5.78 Å². The standard InChI is InChI=1S/C16H15FO2/c1-11-8-13(10-14(17)9-11)15(18)16(19-2)12-6-4-3-5-7-12/h3-10,16H,1-2H3. The maximum atomic E-state index is 13.4. The highest BCUT2D eigenvalue weighted by Crippen LogP contribution is 2.22. The number of carbonyl (C=O) groups excluding carboxylic acids is 1. The smallest absolute Gasteiger partial charge is 0.196 e. The average molecular weight is 258 g/mol. The number of Topliss-reactive ketones (excluding diaryl/α,β-unsaturated/α-hetero) is 1. The fourth-order valence-electron chi connectivity index (χ4n) is 2.05. The van der Waals surface area contributed by atoms with Gasteiger partial charge in [-0.3, -0.25) is 4.79 Å². The number of rotatable bonds is 4. The molecule has 0 N–H and O–H groups in total. The molecule has 0 aromatic heterocycles. The van der Waals surface area contributed by atoms with Gasteiger partial charge in [-0.15, -0.1) is 0 Å². The Bertz CT molecular complexity index is 558.